The van der Waals surface area contributed by atoms with Crippen LogP contribution in [0.1, 0.15) is 42.8 Å². The molecule has 152 valence electrons. The lowest BCUT2D eigenvalue weighted by atomic mass is 9.94. The third-order valence-electron chi connectivity index (χ3n) is 4.60. The molecular formula is C17H23N5O3S3. The molecule has 0 saturated carbocycles. The first-order chi connectivity index (χ1) is 13.1. The highest BCUT2D eigenvalue weighted by Crippen LogP contribution is 2.33. The smallest absolute Gasteiger partial charge is 0.235 e. The number of hydrogen-bond donors (Lipinski definition) is 0. The monoisotopic (exact) mass is 441 g/mol. The van der Waals surface area contributed by atoms with Gasteiger partial charge in [-0.3, -0.25) is 4.79 Å². The molecule has 11 heteroatoms. The lowest BCUT2D eigenvalue weighted by molar-refractivity contribution is -0.131. The average molecular weight is 442 g/mol. The van der Waals surface area contributed by atoms with E-state index in [0.717, 1.165) is 22.9 Å². The molecule has 2 aromatic heterocycles. The first-order valence-corrected chi connectivity index (χ1v) is 12.5. The number of rotatable bonds is 5. The summed E-state index contributed by atoms with van der Waals surface area (Å²) in [6, 6.07) is 1.90. The lowest BCUT2D eigenvalue weighted by Gasteiger charge is -2.32. The van der Waals surface area contributed by atoms with E-state index < -0.39 is 9.84 Å². The van der Waals surface area contributed by atoms with E-state index >= 15 is 0 Å². The molecule has 1 aliphatic heterocycles. The van der Waals surface area contributed by atoms with Gasteiger partial charge < -0.3 is 4.90 Å². The zero-order valence-electron chi connectivity index (χ0n) is 16.2. The van der Waals surface area contributed by atoms with Crippen LogP contribution >= 0.6 is 23.3 Å². The van der Waals surface area contributed by atoms with Crippen molar-refractivity contribution in [1.29, 1.82) is 0 Å². The number of amides is 1. The van der Waals surface area contributed by atoms with Crippen LogP contribution in [-0.2, 0) is 14.6 Å². The van der Waals surface area contributed by atoms with Gasteiger partial charge in [-0.05, 0) is 39.7 Å². The number of carbonyl (C=O) groups is 1. The van der Waals surface area contributed by atoms with Crippen LogP contribution in [-0.4, -0.2) is 63.4 Å². The van der Waals surface area contributed by atoms with Gasteiger partial charge in [-0.2, -0.15) is 0 Å². The van der Waals surface area contributed by atoms with Crippen LogP contribution in [0, 0.1) is 13.8 Å². The molecule has 0 radical (unpaired) electrons. The zero-order chi connectivity index (χ0) is 20.5. The van der Waals surface area contributed by atoms with E-state index in [2.05, 4.69) is 19.6 Å². The Morgan fingerprint density at radius 3 is 2.43 bits per heavy atom. The Balaban J connectivity index is 1.61. The number of sulfone groups is 1. The molecule has 1 fully saturated rings. The van der Waals surface area contributed by atoms with Gasteiger partial charge in [0.05, 0.1) is 10.9 Å². The van der Waals surface area contributed by atoms with E-state index in [1.807, 2.05) is 31.7 Å². The Morgan fingerprint density at radius 2 is 1.86 bits per heavy atom. The van der Waals surface area contributed by atoms with Crippen molar-refractivity contribution in [3.05, 3.63) is 23.1 Å². The van der Waals surface area contributed by atoms with Crippen molar-refractivity contribution in [1.82, 2.24) is 24.5 Å². The summed E-state index contributed by atoms with van der Waals surface area (Å²) in [5.41, 5.74) is 2.31. The number of aromatic nitrogens is 4. The van der Waals surface area contributed by atoms with Gasteiger partial charge >= 0.3 is 0 Å². The fourth-order valence-electron chi connectivity index (χ4n) is 3.28. The molecule has 8 nitrogen and oxygen atoms in total. The van der Waals surface area contributed by atoms with Crippen molar-refractivity contribution in [2.45, 2.75) is 54.1 Å². The molecule has 0 aliphatic carbocycles. The number of likely N-dealkylation sites (tertiary alicyclic amines) is 1. The Hall–Kier alpha value is -1.59. The Labute approximate surface area is 173 Å². The fourth-order valence-corrected chi connectivity index (χ4v) is 5.97. The molecule has 3 heterocycles. The van der Waals surface area contributed by atoms with E-state index in [1.165, 1.54) is 18.0 Å². The molecule has 2 aromatic rings. The van der Waals surface area contributed by atoms with Gasteiger partial charge in [0.1, 0.15) is 0 Å². The number of carbonyl (C=O) groups excluding carboxylic acids is 1. The number of nitrogens with zero attached hydrogens (tertiary/aromatic N) is 5. The largest absolute Gasteiger partial charge is 0.342 e. The minimum Gasteiger partial charge on any atom is -0.342 e. The standard InChI is InChI=1S/C17H23N5O3S3/c1-10-9-11(2)19-17(18-10)26-12(3)15(23)22-7-5-13(6-8-22)14-16(27-21-20-14)28(4,24)25/h9,12-13H,5-8H2,1-4H3. The topological polar surface area (TPSA) is 106 Å². The van der Waals surface area contributed by atoms with Gasteiger partial charge in [-0.15, -0.1) is 5.10 Å². The van der Waals surface area contributed by atoms with Crippen LogP contribution in [0.5, 0.6) is 0 Å². The van der Waals surface area contributed by atoms with Crippen molar-refractivity contribution in [3.63, 3.8) is 0 Å². The summed E-state index contributed by atoms with van der Waals surface area (Å²) >= 11 is 2.28. The van der Waals surface area contributed by atoms with Crippen LogP contribution in [0.4, 0.5) is 0 Å². The number of hydrogen-bond acceptors (Lipinski definition) is 9. The molecule has 1 aliphatic rings. The normalized spacial score (nSPS) is 16.9. The zero-order valence-corrected chi connectivity index (χ0v) is 18.7. The van der Waals surface area contributed by atoms with E-state index in [9.17, 15) is 13.2 Å². The molecule has 3 rings (SSSR count). The van der Waals surface area contributed by atoms with Gasteiger partial charge in [0.2, 0.25) is 5.91 Å². The van der Waals surface area contributed by atoms with E-state index in [4.69, 9.17) is 0 Å². The van der Waals surface area contributed by atoms with E-state index in [0.29, 0.717) is 36.8 Å². The second-order valence-corrected chi connectivity index (χ2v) is 11.3. The summed E-state index contributed by atoms with van der Waals surface area (Å²) in [5.74, 6) is 0.0594. The van der Waals surface area contributed by atoms with Crippen LogP contribution in [0.25, 0.3) is 0 Å². The maximum atomic E-state index is 12.8. The summed E-state index contributed by atoms with van der Waals surface area (Å²) in [5, 5.41) is 4.37. The molecule has 28 heavy (non-hydrogen) atoms. The molecule has 0 N–H and O–H groups in total. The quantitative estimate of drug-likeness (QED) is 0.514. The molecule has 1 amide bonds. The summed E-state index contributed by atoms with van der Waals surface area (Å²) in [4.78, 5) is 23.4. The van der Waals surface area contributed by atoms with Gasteiger partial charge in [-0.1, -0.05) is 16.3 Å². The highest BCUT2D eigenvalue weighted by atomic mass is 32.2. The van der Waals surface area contributed by atoms with E-state index in [1.54, 1.807) is 0 Å². The highest BCUT2D eigenvalue weighted by Gasteiger charge is 2.31. The van der Waals surface area contributed by atoms with Crippen LogP contribution in [0.15, 0.2) is 15.4 Å². The maximum Gasteiger partial charge on any atom is 0.235 e. The molecule has 0 spiro atoms. The van der Waals surface area contributed by atoms with Crippen molar-refractivity contribution in [2.75, 3.05) is 19.3 Å². The maximum absolute atomic E-state index is 12.8. The number of aryl methyl sites for hydroxylation is 2. The SMILES string of the molecule is Cc1cc(C)nc(SC(C)C(=O)N2CCC(c3nnsc3S(C)(=O)=O)CC2)n1. The van der Waals surface area contributed by atoms with Crippen molar-refractivity contribution >= 4 is 39.0 Å². The molecule has 0 aromatic carbocycles. The van der Waals surface area contributed by atoms with Crippen molar-refractivity contribution in [2.24, 2.45) is 0 Å². The van der Waals surface area contributed by atoms with Gasteiger partial charge in [0, 0.05) is 48.2 Å². The summed E-state index contributed by atoms with van der Waals surface area (Å²) in [7, 11) is -3.33. The second kappa shape index (κ2) is 8.42. The van der Waals surface area contributed by atoms with Gasteiger partial charge in [0.25, 0.3) is 0 Å². The van der Waals surface area contributed by atoms with Crippen LogP contribution < -0.4 is 0 Å². The Morgan fingerprint density at radius 1 is 1.25 bits per heavy atom. The predicted molar refractivity (Wildman–Crippen MR) is 108 cm³/mol. The Bertz CT molecular complexity index is 948. The fraction of sp³-hybridized carbons (Fsp3) is 0.588. The molecule has 0 bridgehead atoms. The minimum absolute atomic E-state index is 0.0123. The summed E-state index contributed by atoms with van der Waals surface area (Å²) in [6.07, 6.45) is 2.53. The molecular weight excluding hydrogens is 418 g/mol. The van der Waals surface area contributed by atoms with Crippen LogP contribution in [0.3, 0.4) is 0 Å². The van der Waals surface area contributed by atoms with Gasteiger partial charge in [-0.25, -0.2) is 18.4 Å². The summed E-state index contributed by atoms with van der Waals surface area (Å²) < 4.78 is 27.8. The summed E-state index contributed by atoms with van der Waals surface area (Å²) in [6.45, 7) is 6.83. The van der Waals surface area contributed by atoms with Crippen molar-refractivity contribution < 1.29 is 13.2 Å². The molecule has 1 atom stereocenters. The first-order valence-electron chi connectivity index (χ1n) is 8.95. The third kappa shape index (κ3) is 4.87. The van der Waals surface area contributed by atoms with Crippen LogP contribution in [0.2, 0.25) is 0 Å². The van der Waals surface area contributed by atoms with E-state index in [-0.39, 0.29) is 21.3 Å². The Kier molecular flexibility index (Phi) is 6.35. The number of thioether (sulfide) groups is 1. The molecule has 1 unspecified atom stereocenters. The van der Waals surface area contributed by atoms with Gasteiger partial charge in [0.15, 0.2) is 19.2 Å². The molecule has 1 saturated heterocycles. The van der Waals surface area contributed by atoms with Crippen molar-refractivity contribution in [3.8, 4) is 0 Å². The number of piperidine rings is 1. The third-order valence-corrected chi connectivity index (χ3v) is 8.10. The first kappa shape index (κ1) is 21.1. The average Bonchev–Trinajstić information content (AvgIpc) is 3.10. The minimum atomic E-state index is -3.33. The second-order valence-electron chi connectivity index (χ2n) is 7.01. The lowest BCUT2D eigenvalue weighted by Crippen LogP contribution is -2.42. The predicted octanol–water partition coefficient (Wildman–Crippen LogP) is 2.24. The highest BCUT2D eigenvalue weighted by molar-refractivity contribution is 8.00.